The van der Waals surface area contributed by atoms with Crippen molar-refractivity contribution in [2.75, 3.05) is 31.5 Å². The van der Waals surface area contributed by atoms with Gasteiger partial charge in [0.1, 0.15) is 0 Å². The second-order valence-electron chi connectivity index (χ2n) is 5.74. The zero-order valence-corrected chi connectivity index (χ0v) is 13.2. The number of nitrogens with zero attached hydrogens (tertiary/aromatic N) is 2. The number of hydrogen-bond donors (Lipinski definition) is 1. The van der Waals surface area contributed by atoms with Gasteiger partial charge in [-0.3, -0.25) is 4.98 Å². The Morgan fingerprint density at radius 3 is 2.76 bits per heavy atom. The molecular formula is C18H25N3. The molecule has 0 unspecified atom stereocenters. The van der Waals surface area contributed by atoms with Crippen LogP contribution in [-0.2, 0) is 12.8 Å². The Kier molecular flexibility index (Phi) is 4.39. The highest BCUT2D eigenvalue weighted by atomic mass is 15.1. The molecule has 1 N–H and O–H groups in total. The van der Waals surface area contributed by atoms with Gasteiger partial charge in [0.25, 0.3) is 0 Å². The van der Waals surface area contributed by atoms with E-state index in [9.17, 15) is 0 Å². The van der Waals surface area contributed by atoms with E-state index >= 15 is 0 Å². The van der Waals surface area contributed by atoms with Crippen molar-refractivity contribution in [3.63, 3.8) is 0 Å². The highest BCUT2D eigenvalue weighted by Gasteiger charge is 2.19. The lowest BCUT2D eigenvalue weighted by molar-refractivity contribution is 0.316. The van der Waals surface area contributed by atoms with Crippen LogP contribution in [0.1, 0.15) is 31.5 Å². The van der Waals surface area contributed by atoms with Crippen molar-refractivity contribution >= 4 is 16.6 Å². The summed E-state index contributed by atoms with van der Waals surface area (Å²) in [6, 6.07) is 8.52. The van der Waals surface area contributed by atoms with Crippen molar-refractivity contribution in [2.45, 2.75) is 33.1 Å². The maximum atomic E-state index is 4.84. The monoisotopic (exact) mass is 283 g/mol. The summed E-state index contributed by atoms with van der Waals surface area (Å²) < 4.78 is 0. The fourth-order valence-electron chi connectivity index (χ4n) is 3.29. The van der Waals surface area contributed by atoms with E-state index in [1.54, 1.807) is 0 Å². The molecular weight excluding hydrogens is 258 g/mol. The molecule has 21 heavy (non-hydrogen) atoms. The van der Waals surface area contributed by atoms with Gasteiger partial charge in [-0.1, -0.05) is 32.0 Å². The molecule has 0 radical (unpaired) electrons. The number of anilines is 1. The maximum absolute atomic E-state index is 4.84. The summed E-state index contributed by atoms with van der Waals surface area (Å²) in [5.74, 6) is 0. The Labute approximate surface area is 127 Å². The number of rotatable bonds is 6. The molecule has 0 spiro atoms. The number of aromatic nitrogens is 1. The molecule has 1 aromatic carbocycles. The van der Waals surface area contributed by atoms with E-state index in [0.29, 0.717) is 0 Å². The first-order chi connectivity index (χ1) is 10.3. The summed E-state index contributed by atoms with van der Waals surface area (Å²) in [4.78, 5) is 7.30. The van der Waals surface area contributed by atoms with Crippen LogP contribution in [-0.4, -0.2) is 36.1 Å². The van der Waals surface area contributed by atoms with E-state index in [4.69, 9.17) is 4.98 Å². The molecule has 0 fully saturated rings. The number of nitrogens with one attached hydrogen (secondary N) is 1. The molecule has 2 aromatic rings. The van der Waals surface area contributed by atoms with Crippen LogP contribution in [0, 0.1) is 0 Å². The fourth-order valence-corrected chi connectivity index (χ4v) is 3.29. The Hall–Kier alpha value is -1.61. The molecule has 0 saturated heterocycles. The van der Waals surface area contributed by atoms with Gasteiger partial charge in [0.15, 0.2) is 0 Å². The second kappa shape index (κ2) is 6.44. The Morgan fingerprint density at radius 2 is 1.95 bits per heavy atom. The molecule has 3 nitrogen and oxygen atoms in total. The molecule has 0 aliphatic heterocycles. The number of hydrogen-bond acceptors (Lipinski definition) is 3. The zero-order valence-electron chi connectivity index (χ0n) is 13.2. The normalized spacial score (nSPS) is 13.9. The van der Waals surface area contributed by atoms with E-state index in [-0.39, 0.29) is 0 Å². The smallest absolute Gasteiger partial charge is 0.0726 e. The molecule has 3 heteroatoms. The van der Waals surface area contributed by atoms with Gasteiger partial charge in [0, 0.05) is 29.9 Å². The average Bonchev–Trinajstić information content (AvgIpc) is 2.98. The third-order valence-corrected chi connectivity index (χ3v) is 4.54. The number of likely N-dealkylation sites (N-methyl/N-ethyl adjacent to an activating group) is 1. The fraction of sp³-hybridized carbons (Fsp3) is 0.500. The average molecular weight is 283 g/mol. The first-order valence-corrected chi connectivity index (χ1v) is 8.20. The Morgan fingerprint density at radius 1 is 1.14 bits per heavy atom. The van der Waals surface area contributed by atoms with Crippen LogP contribution in [0.2, 0.25) is 0 Å². The van der Waals surface area contributed by atoms with Crippen LogP contribution < -0.4 is 5.32 Å². The molecule has 1 aliphatic carbocycles. The van der Waals surface area contributed by atoms with Crippen molar-refractivity contribution in [1.29, 1.82) is 0 Å². The van der Waals surface area contributed by atoms with Crippen LogP contribution in [0.4, 0.5) is 5.69 Å². The second-order valence-corrected chi connectivity index (χ2v) is 5.74. The van der Waals surface area contributed by atoms with Crippen LogP contribution >= 0.6 is 0 Å². The molecule has 1 heterocycles. The maximum Gasteiger partial charge on any atom is 0.0726 e. The minimum atomic E-state index is 1.00. The van der Waals surface area contributed by atoms with E-state index in [0.717, 1.165) is 38.1 Å². The summed E-state index contributed by atoms with van der Waals surface area (Å²) >= 11 is 0. The van der Waals surface area contributed by atoms with Gasteiger partial charge in [-0.2, -0.15) is 0 Å². The van der Waals surface area contributed by atoms with Crippen molar-refractivity contribution in [1.82, 2.24) is 9.88 Å². The van der Waals surface area contributed by atoms with E-state index in [1.807, 2.05) is 0 Å². The van der Waals surface area contributed by atoms with Crippen LogP contribution in [0.15, 0.2) is 24.3 Å². The highest BCUT2D eigenvalue weighted by molar-refractivity contribution is 5.93. The lowest BCUT2D eigenvalue weighted by Gasteiger charge is -2.20. The van der Waals surface area contributed by atoms with Gasteiger partial charge in [-0.15, -0.1) is 0 Å². The summed E-state index contributed by atoms with van der Waals surface area (Å²) in [5, 5.41) is 4.98. The summed E-state index contributed by atoms with van der Waals surface area (Å²) in [5.41, 5.74) is 5.22. The van der Waals surface area contributed by atoms with Crippen molar-refractivity contribution < 1.29 is 0 Å². The number of fused-ring (bicyclic) bond motifs is 2. The molecule has 0 bridgehead atoms. The van der Waals surface area contributed by atoms with E-state index in [1.165, 1.54) is 35.2 Å². The SMILES string of the molecule is CCN(CC)CCNc1c2c(nc3ccccc13)CCC2. The predicted octanol–water partition coefficient (Wildman–Crippen LogP) is 3.48. The molecule has 0 saturated carbocycles. The molecule has 3 rings (SSSR count). The highest BCUT2D eigenvalue weighted by Crippen LogP contribution is 2.33. The van der Waals surface area contributed by atoms with E-state index in [2.05, 4.69) is 48.3 Å². The molecule has 1 aliphatic rings. The van der Waals surface area contributed by atoms with Gasteiger partial charge < -0.3 is 10.2 Å². The minimum absolute atomic E-state index is 1.00. The van der Waals surface area contributed by atoms with Gasteiger partial charge in [0.2, 0.25) is 0 Å². The predicted molar refractivity (Wildman–Crippen MR) is 90.0 cm³/mol. The number of aryl methyl sites for hydroxylation is 1. The lowest BCUT2D eigenvalue weighted by Crippen LogP contribution is -2.28. The molecule has 112 valence electrons. The topological polar surface area (TPSA) is 28.2 Å². The van der Waals surface area contributed by atoms with Crippen LogP contribution in [0.5, 0.6) is 0 Å². The Bertz CT molecular complexity index is 617. The third-order valence-electron chi connectivity index (χ3n) is 4.54. The van der Waals surface area contributed by atoms with Gasteiger partial charge in [-0.25, -0.2) is 0 Å². The molecule has 0 amide bonds. The van der Waals surface area contributed by atoms with Crippen molar-refractivity contribution in [3.05, 3.63) is 35.5 Å². The minimum Gasteiger partial charge on any atom is -0.383 e. The largest absolute Gasteiger partial charge is 0.383 e. The van der Waals surface area contributed by atoms with Gasteiger partial charge >= 0.3 is 0 Å². The number of benzene rings is 1. The summed E-state index contributed by atoms with van der Waals surface area (Å²) in [7, 11) is 0. The van der Waals surface area contributed by atoms with Crippen LogP contribution in [0.25, 0.3) is 10.9 Å². The number of para-hydroxylation sites is 1. The first-order valence-electron chi connectivity index (χ1n) is 8.20. The molecule has 0 atom stereocenters. The summed E-state index contributed by atoms with van der Waals surface area (Å²) in [6.45, 7) is 8.79. The van der Waals surface area contributed by atoms with Crippen molar-refractivity contribution in [3.8, 4) is 0 Å². The summed E-state index contributed by atoms with van der Waals surface area (Å²) in [6.07, 6.45) is 3.54. The quantitative estimate of drug-likeness (QED) is 0.880. The first kappa shape index (κ1) is 14.3. The van der Waals surface area contributed by atoms with Crippen LogP contribution in [0.3, 0.4) is 0 Å². The third kappa shape index (κ3) is 2.88. The number of pyridine rings is 1. The van der Waals surface area contributed by atoms with Crippen molar-refractivity contribution in [2.24, 2.45) is 0 Å². The lowest BCUT2D eigenvalue weighted by atomic mass is 10.1. The van der Waals surface area contributed by atoms with Gasteiger partial charge in [0.05, 0.1) is 5.52 Å². The van der Waals surface area contributed by atoms with Gasteiger partial charge in [-0.05, 0) is 44.0 Å². The zero-order chi connectivity index (χ0) is 14.7. The van der Waals surface area contributed by atoms with E-state index < -0.39 is 0 Å². The standard InChI is InChI=1S/C18H25N3/c1-3-21(4-2)13-12-19-18-14-8-5-6-10-16(14)20-17-11-7-9-15(17)18/h5-6,8,10H,3-4,7,9,11-13H2,1-2H3,(H,19,20). The Balaban J connectivity index is 1.86. The molecule has 1 aromatic heterocycles.